The molecule has 1 aliphatic heterocycles. The standard InChI is InChI=1S/C10H12F3NO2/c11-10(12,13)9(16)14-5-6-1-2-8(15)4-7(14)3-6/h6-7H,1-5H2. The van der Waals surface area contributed by atoms with Crippen molar-refractivity contribution in [3.63, 3.8) is 0 Å². The van der Waals surface area contributed by atoms with E-state index in [2.05, 4.69) is 0 Å². The molecule has 0 N–H and O–H groups in total. The Morgan fingerprint density at radius 2 is 2.06 bits per heavy atom. The lowest BCUT2D eigenvalue weighted by molar-refractivity contribution is -0.186. The molecule has 3 nitrogen and oxygen atoms in total. The number of alkyl halides is 3. The third-order valence-electron chi connectivity index (χ3n) is 3.30. The van der Waals surface area contributed by atoms with E-state index in [0.29, 0.717) is 19.3 Å². The van der Waals surface area contributed by atoms with E-state index in [1.165, 1.54) is 0 Å². The molecule has 0 aromatic heterocycles. The molecule has 1 saturated carbocycles. The first-order chi connectivity index (χ1) is 7.38. The highest BCUT2D eigenvalue weighted by molar-refractivity contribution is 5.85. The Balaban J connectivity index is 2.13. The van der Waals surface area contributed by atoms with E-state index in [4.69, 9.17) is 0 Å². The average molecular weight is 235 g/mol. The molecule has 2 bridgehead atoms. The summed E-state index contributed by atoms with van der Waals surface area (Å²) in [6.45, 7) is 0.149. The normalized spacial score (nSPS) is 30.4. The first-order valence-electron chi connectivity index (χ1n) is 5.27. The summed E-state index contributed by atoms with van der Waals surface area (Å²) in [5.74, 6) is -1.77. The number of halogens is 3. The van der Waals surface area contributed by atoms with Gasteiger partial charge in [-0.15, -0.1) is 0 Å². The zero-order valence-corrected chi connectivity index (χ0v) is 8.59. The van der Waals surface area contributed by atoms with Gasteiger partial charge in [0.15, 0.2) is 0 Å². The van der Waals surface area contributed by atoms with E-state index in [-0.39, 0.29) is 24.7 Å². The van der Waals surface area contributed by atoms with Crippen LogP contribution in [0.1, 0.15) is 25.7 Å². The zero-order valence-electron chi connectivity index (χ0n) is 8.59. The SMILES string of the molecule is O=C1CCC2CC(C1)N(C(=O)C(F)(F)F)C2. The van der Waals surface area contributed by atoms with Crippen LogP contribution in [0.25, 0.3) is 0 Å². The Labute approximate surface area is 90.6 Å². The van der Waals surface area contributed by atoms with Crippen LogP contribution in [0.4, 0.5) is 13.2 Å². The van der Waals surface area contributed by atoms with Crippen molar-refractivity contribution in [2.24, 2.45) is 5.92 Å². The summed E-state index contributed by atoms with van der Waals surface area (Å²) in [5, 5.41) is 0. The van der Waals surface area contributed by atoms with Gasteiger partial charge in [-0.2, -0.15) is 13.2 Å². The van der Waals surface area contributed by atoms with Gasteiger partial charge >= 0.3 is 12.1 Å². The fraction of sp³-hybridized carbons (Fsp3) is 0.800. The molecule has 90 valence electrons. The van der Waals surface area contributed by atoms with Gasteiger partial charge in [0.05, 0.1) is 0 Å². The largest absolute Gasteiger partial charge is 0.471 e. The van der Waals surface area contributed by atoms with Crippen molar-refractivity contribution >= 4 is 11.7 Å². The van der Waals surface area contributed by atoms with Gasteiger partial charge in [-0.1, -0.05) is 0 Å². The molecule has 0 spiro atoms. The minimum absolute atomic E-state index is 0.0350. The number of amides is 1. The number of nitrogens with zero attached hydrogens (tertiary/aromatic N) is 1. The first kappa shape index (κ1) is 11.4. The number of rotatable bonds is 0. The molecule has 16 heavy (non-hydrogen) atoms. The first-order valence-corrected chi connectivity index (χ1v) is 5.27. The predicted molar refractivity (Wildman–Crippen MR) is 48.5 cm³/mol. The molecule has 0 radical (unpaired) electrons. The van der Waals surface area contributed by atoms with Gasteiger partial charge in [0.1, 0.15) is 5.78 Å². The minimum atomic E-state index is -4.82. The van der Waals surface area contributed by atoms with Gasteiger partial charge < -0.3 is 4.90 Å². The van der Waals surface area contributed by atoms with E-state index in [0.717, 1.165) is 4.90 Å². The molecule has 2 rings (SSSR count). The van der Waals surface area contributed by atoms with Crippen molar-refractivity contribution < 1.29 is 22.8 Å². The highest BCUT2D eigenvalue weighted by atomic mass is 19.4. The lowest BCUT2D eigenvalue weighted by Gasteiger charge is -2.25. The van der Waals surface area contributed by atoms with Gasteiger partial charge in [0, 0.05) is 25.4 Å². The lowest BCUT2D eigenvalue weighted by Crippen LogP contribution is -2.45. The third kappa shape index (κ3) is 2.05. The summed E-state index contributed by atoms with van der Waals surface area (Å²) in [4.78, 5) is 23.2. The molecular formula is C10H12F3NO2. The van der Waals surface area contributed by atoms with Crippen LogP contribution < -0.4 is 0 Å². The van der Waals surface area contributed by atoms with Crippen molar-refractivity contribution in [3.8, 4) is 0 Å². The molecule has 2 atom stereocenters. The van der Waals surface area contributed by atoms with Crippen LogP contribution >= 0.6 is 0 Å². The molecule has 1 saturated heterocycles. The molecule has 0 aromatic carbocycles. The van der Waals surface area contributed by atoms with E-state index in [9.17, 15) is 22.8 Å². The minimum Gasteiger partial charge on any atom is -0.331 e. The summed E-state index contributed by atoms with van der Waals surface area (Å²) in [5.41, 5.74) is 0. The molecule has 0 aromatic rings. The molecule has 2 fully saturated rings. The zero-order chi connectivity index (χ0) is 11.9. The molecular weight excluding hydrogens is 223 g/mol. The number of hydrogen-bond acceptors (Lipinski definition) is 2. The Hall–Kier alpha value is -1.07. The highest BCUT2D eigenvalue weighted by Gasteiger charge is 2.48. The van der Waals surface area contributed by atoms with Gasteiger partial charge in [-0.3, -0.25) is 9.59 Å². The highest BCUT2D eigenvalue weighted by Crippen LogP contribution is 2.35. The number of likely N-dealkylation sites (tertiary alicyclic amines) is 1. The Morgan fingerprint density at radius 3 is 2.69 bits per heavy atom. The van der Waals surface area contributed by atoms with E-state index in [1.54, 1.807) is 0 Å². The third-order valence-corrected chi connectivity index (χ3v) is 3.30. The van der Waals surface area contributed by atoms with E-state index >= 15 is 0 Å². The van der Waals surface area contributed by atoms with Crippen LogP contribution in [0.5, 0.6) is 0 Å². The molecule has 6 heteroatoms. The summed E-state index contributed by atoms with van der Waals surface area (Å²) in [7, 11) is 0. The topological polar surface area (TPSA) is 37.4 Å². The predicted octanol–water partition coefficient (Wildman–Crippen LogP) is 1.52. The number of Topliss-reactive ketones (excluding diaryl/α,β-unsaturated/α-hetero) is 1. The quantitative estimate of drug-likeness (QED) is 0.638. The second-order valence-corrected chi connectivity index (χ2v) is 4.49. The van der Waals surface area contributed by atoms with Gasteiger partial charge in [-0.25, -0.2) is 0 Å². The maximum Gasteiger partial charge on any atom is 0.471 e. The van der Waals surface area contributed by atoms with Crippen molar-refractivity contribution in [1.29, 1.82) is 0 Å². The number of fused-ring (bicyclic) bond motifs is 2. The molecule has 1 heterocycles. The Morgan fingerprint density at radius 1 is 1.38 bits per heavy atom. The summed E-state index contributed by atoms with van der Waals surface area (Å²) >= 11 is 0. The maximum absolute atomic E-state index is 12.3. The second-order valence-electron chi connectivity index (χ2n) is 4.49. The number of carbonyl (C=O) groups is 2. The van der Waals surface area contributed by atoms with Crippen LogP contribution in [0, 0.1) is 5.92 Å². The van der Waals surface area contributed by atoms with Crippen molar-refractivity contribution in [3.05, 3.63) is 0 Å². The van der Waals surface area contributed by atoms with E-state index in [1.807, 2.05) is 0 Å². The fourth-order valence-corrected chi connectivity index (χ4v) is 2.56. The van der Waals surface area contributed by atoms with Gasteiger partial charge in [-0.05, 0) is 18.8 Å². The summed E-state index contributed by atoms with van der Waals surface area (Å²) in [6.07, 6.45) is -3.16. The van der Waals surface area contributed by atoms with Crippen LogP contribution in [-0.2, 0) is 9.59 Å². The van der Waals surface area contributed by atoms with Crippen molar-refractivity contribution in [2.45, 2.75) is 37.9 Å². The van der Waals surface area contributed by atoms with Crippen LogP contribution in [-0.4, -0.2) is 35.4 Å². The lowest BCUT2D eigenvalue weighted by atomic mass is 10.0. The number of hydrogen-bond donors (Lipinski definition) is 0. The van der Waals surface area contributed by atoms with Gasteiger partial charge in [0.25, 0.3) is 0 Å². The van der Waals surface area contributed by atoms with Gasteiger partial charge in [0.2, 0.25) is 0 Å². The molecule has 2 aliphatic rings. The maximum atomic E-state index is 12.3. The number of carbonyl (C=O) groups excluding carboxylic acids is 2. The Kier molecular flexibility index (Phi) is 2.67. The van der Waals surface area contributed by atoms with Crippen LogP contribution in [0.3, 0.4) is 0 Å². The molecule has 1 aliphatic carbocycles. The number of ketones is 1. The van der Waals surface area contributed by atoms with Crippen molar-refractivity contribution in [2.75, 3.05) is 6.54 Å². The van der Waals surface area contributed by atoms with E-state index < -0.39 is 18.1 Å². The van der Waals surface area contributed by atoms with Crippen molar-refractivity contribution in [1.82, 2.24) is 4.90 Å². The van der Waals surface area contributed by atoms with Crippen LogP contribution in [0.2, 0.25) is 0 Å². The fourth-order valence-electron chi connectivity index (χ4n) is 2.56. The average Bonchev–Trinajstić information content (AvgIpc) is 2.44. The smallest absolute Gasteiger partial charge is 0.331 e. The molecule has 1 amide bonds. The summed E-state index contributed by atoms with van der Waals surface area (Å²) in [6, 6.07) is -0.533. The molecule has 2 unspecified atom stereocenters. The monoisotopic (exact) mass is 235 g/mol. The second kappa shape index (κ2) is 3.75. The summed E-state index contributed by atoms with van der Waals surface area (Å²) < 4.78 is 36.8. The Bertz CT molecular complexity index is 327. The van der Waals surface area contributed by atoms with Crippen LogP contribution in [0.15, 0.2) is 0 Å².